The van der Waals surface area contributed by atoms with Gasteiger partial charge in [-0.25, -0.2) is 9.59 Å². The first kappa shape index (κ1) is 17.6. The maximum Gasteiger partial charge on any atom is 0.408 e. The molecule has 2 amide bonds. The molecule has 134 valence electrons. The van der Waals surface area contributed by atoms with Crippen LogP contribution in [0.4, 0.5) is 4.79 Å². The lowest BCUT2D eigenvalue weighted by Crippen LogP contribution is -2.70. The highest BCUT2D eigenvalue weighted by Crippen LogP contribution is 2.51. The van der Waals surface area contributed by atoms with E-state index in [-0.39, 0.29) is 17.9 Å². The van der Waals surface area contributed by atoms with Crippen molar-refractivity contribution in [2.45, 2.75) is 42.7 Å². The zero-order valence-electron chi connectivity index (χ0n) is 14.2. The highest BCUT2D eigenvalue weighted by Gasteiger charge is 2.64. The molecule has 2 aliphatic rings. The number of hydrogen-bond donors (Lipinski definition) is 1. The molecule has 1 aromatic rings. The van der Waals surface area contributed by atoms with Crippen molar-refractivity contribution in [3.8, 4) is 0 Å². The van der Waals surface area contributed by atoms with Crippen LogP contribution in [0.3, 0.4) is 0 Å². The SMILES string of the molecule is COC(=O)[C@@H]1N2C(=O)[C@@H](NC(=O)OCc3ccccc3)[C@H]2SC1(C)C. The molecule has 1 N–H and O–H groups in total. The molecule has 3 rings (SSSR count). The highest BCUT2D eigenvalue weighted by atomic mass is 32.2. The number of fused-ring (bicyclic) bond motifs is 1. The molecule has 2 aliphatic heterocycles. The van der Waals surface area contributed by atoms with Crippen LogP contribution in [0.15, 0.2) is 30.3 Å². The first-order valence-corrected chi connectivity index (χ1v) is 8.78. The summed E-state index contributed by atoms with van der Waals surface area (Å²) in [5, 5.41) is 2.30. The minimum atomic E-state index is -0.692. The molecule has 25 heavy (non-hydrogen) atoms. The number of nitrogens with one attached hydrogen (secondary N) is 1. The molecule has 2 saturated heterocycles. The van der Waals surface area contributed by atoms with E-state index in [1.54, 1.807) is 0 Å². The molecule has 0 bridgehead atoms. The van der Waals surface area contributed by atoms with E-state index in [4.69, 9.17) is 9.47 Å². The fourth-order valence-electron chi connectivity index (χ4n) is 3.13. The Hall–Kier alpha value is -2.22. The second kappa shape index (κ2) is 6.59. The summed E-state index contributed by atoms with van der Waals surface area (Å²) in [7, 11) is 1.30. The van der Waals surface area contributed by atoms with Gasteiger partial charge in [-0.3, -0.25) is 4.79 Å². The van der Waals surface area contributed by atoms with E-state index in [1.807, 2.05) is 44.2 Å². The van der Waals surface area contributed by atoms with Crippen LogP contribution in [-0.2, 0) is 25.7 Å². The van der Waals surface area contributed by atoms with E-state index >= 15 is 0 Å². The molecular formula is C17H20N2O5S. The average molecular weight is 364 g/mol. The number of hydrogen-bond acceptors (Lipinski definition) is 6. The third kappa shape index (κ3) is 3.18. The maximum absolute atomic E-state index is 12.4. The van der Waals surface area contributed by atoms with Gasteiger partial charge in [0.2, 0.25) is 5.91 Å². The van der Waals surface area contributed by atoms with Crippen LogP contribution < -0.4 is 5.32 Å². The molecular weight excluding hydrogens is 344 g/mol. The Morgan fingerprint density at radius 3 is 2.60 bits per heavy atom. The van der Waals surface area contributed by atoms with E-state index < -0.39 is 28.9 Å². The van der Waals surface area contributed by atoms with E-state index in [1.165, 1.54) is 23.8 Å². The number of amides is 2. The van der Waals surface area contributed by atoms with Gasteiger partial charge in [0.1, 0.15) is 24.1 Å². The molecule has 7 nitrogen and oxygen atoms in total. The van der Waals surface area contributed by atoms with Crippen molar-refractivity contribution in [1.29, 1.82) is 0 Å². The number of alkyl carbamates (subject to hydrolysis) is 1. The first-order chi connectivity index (χ1) is 11.8. The van der Waals surface area contributed by atoms with Crippen molar-refractivity contribution in [1.82, 2.24) is 10.2 Å². The number of rotatable bonds is 4. The molecule has 1 aromatic carbocycles. The molecule has 2 heterocycles. The standard InChI is InChI=1S/C17H20N2O5S/c1-17(2)12(15(21)23-3)19-13(20)11(14(19)25-17)18-16(22)24-9-10-7-5-4-6-8-10/h4-8,11-12,14H,9H2,1-3H3,(H,18,22)/t11-,12+,14-/m1/s1. The summed E-state index contributed by atoms with van der Waals surface area (Å²) in [5.74, 6) is -0.742. The van der Waals surface area contributed by atoms with E-state index in [9.17, 15) is 14.4 Å². The van der Waals surface area contributed by atoms with Gasteiger partial charge in [-0.15, -0.1) is 11.8 Å². The Balaban J connectivity index is 1.59. The van der Waals surface area contributed by atoms with Gasteiger partial charge in [0.15, 0.2) is 0 Å². The fraction of sp³-hybridized carbons (Fsp3) is 0.471. The maximum atomic E-state index is 12.4. The average Bonchev–Trinajstić information content (AvgIpc) is 2.86. The third-order valence-electron chi connectivity index (χ3n) is 4.35. The van der Waals surface area contributed by atoms with Crippen LogP contribution in [0, 0.1) is 0 Å². The van der Waals surface area contributed by atoms with Crippen LogP contribution in [0.25, 0.3) is 0 Å². The van der Waals surface area contributed by atoms with Gasteiger partial charge < -0.3 is 19.7 Å². The van der Waals surface area contributed by atoms with Crippen molar-refractivity contribution in [3.63, 3.8) is 0 Å². The van der Waals surface area contributed by atoms with E-state index in [0.29, 0.717) is 0 Å². The van der Waals surface area contributed by atoms with Crippen LogP contribution in [0.2, 0.25) is 0 Å². The summed E-state index contributed by atoms with van der Waals surface area (Å²) in [6.07, 6.45) is -0.651. The lowest BCUT2D eigenvalue weighted by Gasteiger charge is -2.43. The Morgan fingerprint density at radius 1 is 1.28 bits per heavy atom. The normalized spacial score (nSPS) is 26.4. The van der Waals surface area contributed by atoms with Crippen molar-refractivity contribution in [3.05, 3.63) is 35.9 Å². The predicted octanol–water partition coefficient (Wildman–Crippen LogP) is 1.52. The number of β-lactam (4-membered cyclic amide) rings is 1. The van der Waals surface area contributed by atoms with Gasteiger partial charge in [0.25, 0.3) is 0 Å². The van der Waals surface area contributed by atoms with Gasteiger partial charge in [-0.2, -0.15) is 0 Å². The smallest absolute Gasteiger partial charge is 0.408 e. The lowest BCUT2D eigenvalue weighted by atomic mass is 9.96. The van der Waals surface area contributed by atoms with Crippen LogP contribution >= 0.6 is 11.8 Å². The molecule has 8 heteroatoms. The second-order valence-corrected chi connectivity index (χ2v) is 8.24. The molecule has 2 fully saturated rings. The topological polar surface area (TPSA) is 84.9 Å². The Morgan fingerprint density at radius 2 is 1.96 bits per heavy atom. The molecule has 0 spiro atoms. The Kier molecular flexibility index (Phi) is 4.64. The van der Waals surface area contributed by atoms with Crippen LogP contribution in [0.5, 0.6) is 0 Å². The molecule has 0 saturated carbocycles. The predicted molar refractivity (Wildman–Crippen MR) is 91.7 cm³/mol. The fourth-order valence-corrected chi connectivity index (χ4v) is 4.75. The highest BCUT2D eigenvalue weighted by molar-refractivity contribution is 8.01. The van der Waals surface area contributed by atoms with E-state index in [0.717, 1.165) is 5.56 Å². The Bertz CT molecular complexity index is 694. The van der Waals surface area contributed by atoms with Crippen molar-refractivity contribution >= 4 is 29.7 Å². The Labute approximate surface area is 150 Å². The largest absolute Gasteiger partial charge is 0.467 e. The van der Waals surface area contributed by atoms with Gasteiger partial charge in [0, 0.05) is 4.75 Å². The molecule has 3 atom stereocenters. The quantitative estimate of drug-likeness (QED) is 0.644. The number of methoxy groups -OCH3 is 1. The first-order valence-electron chi connectivity index (χ1n) is 7.90. The van der Waals surface area contributed by atoms with Gasteiger partial charge in [0.05, 0.1) is 7.11 Å². The van der Waals surface area contributed by atoms with Crippen molar-refractivity contribution in [2.24, 2.45) is 0 Å². The summed E-state index contributed by atoms with van der Waals surface area (Å²) in [5.41, 5.74) is 0.862. The summed E-state index contributed by atoms with van der Waals surface area (Å²) in [6.45, 7) is 3.90. The van der Waals surface area contributed by atoms with E-state index in [2.05, 4.69) is 5.32 Å². The minimum absolute atomic E-state index is 0.130. The molecule has 0 aliphatic carbocycles. The molecule has 0 unspecified atom stereocenters. The monoisotopic (exact) mass is 364 g/mol. The van der Waals surface area contributed by atoms with Gasteiger partial charge in [-0.1, -0.05) is 30.3 Å². The van der Waals surface area contributed by atoms with Gasteiger partial charge in [-0.05, 0) is 19.4 Å². The lowest BCUT2D eigenvalue weighted by molar-refractivity contribution is -0.161. The van der Waals surface area contributed by atoms with Crippen molar-refractivity contribution < 1.29 is 23.9 Å². The zero-order valence-corrected chi connectivity index (χ0v) is 15.0. The number of thioether (sulfide) groups is 1. The van der Waals surface area contributed by atoms with Gasteiger partial charge >= 0.3 is 12.1 Å². The van der Waals surface area contributed by atoms with Crippen LogP contribution in [0.1, 0.15) is 19.4 Å². The third-order valence-corrected chi connectivity index (χ3v) is 5.92. The number of carbonyl (C=O) groups is 3. The summed E-state index contributed by atoms with van der Waals surface area (Å²) in [4.78, 5) is 37.9. The summed E-state index contributed by atoms with van der Waals surface area (Å²) >= 11 is 1.47. The number of nitrogens with zero attached hydrogens (tertiary/aromatic N) is 1. The number of benzene rings is 1. The zero-order chi connectivity index (χ0) is 18.2. The van der Waals surface area contributed by atoms with Crippen molar-refractivity contribution in [2.75, 3.05) is 7.11 Å². The number of ether oxygens (including phenoxy) is 2. The molecule has 0 radical (unpaired) electrons. The summed E-state index contributed by atoms with van der Waals surface area (Å²) < 4.78 is 9.49. The number of carbonyl (C=O) groups excluding carboxylic acids is 3. The molecule has 0 aromatic heterocycles. The minimum Gasteiger partial charge on any atom is -0.467 e. The van der Waals surface area contributed by atoms with Crippen LogP contribution in [-0.4, -0.2) is 52.2 Å². The summed E-state index contributed by atoms with van der Waals surface area (Å²) in [6, 6.07) is 7.93. The second-order valence-electron chi connectivity index (χ2n) is 6.47. The number of esters is 1.